The molecule has 0 bridgehead atoms. The number of hydrogen-bond acceptors (Lipinski definition) is 6. The molecule has 1 aliphatic rings. The topological polar surface area (TPSA) is 88.7 Å². The molecule has 2 heterocycles. The molecule has 148 valence electrons. The van der Waals surface area contributed by atoms with E-state index in [9.17, 15) is 10.1 Å². The van der Waals surface area contributed by atoms with Crippen LogP contribution in [0.1, 0.15) is 46.1 Å². The number of rotatable bonds is 8. The molecule has 2 rings (SSSR count). The Kier molecular flexibility index (Phi) is 6.81. The van der Waals surface area contributed by atoms with Crippen molar-refractivity contribution in [2.45, 2.75) is 64.2 Å². The van der Waals surface area contributed by atoms with Crippen molar-refractivity contribution in [1.29, 1.82) is 0 Å². The Morgan fingerprint density at radius 3 is 2.58 bits per heavy atom. The molecule has 0 atom stereocenters. The summed E-state index contributed by atoms with van der Waals surface area (Å²) < 4.78 is 18.7. The molecular formula is C17H31N3O5Si. The Morgan fingerprint density at radius 1 is 1.35 bits per heavy atom. The van der Waals surface area contributed by atoms with Crippen molar-refractivity contribution in [2.24, 2.45) is 0 Å². The molecule has 0 spiro atoms. The van der Waals surface area contributed by atoms with Gasteiger partial charge in [0.1, 0.15) is 6.20 Å². The van der Waals surface area contributed by atoms with Gasteiger partial charge in [-0.25, -0.2) is 0 Å². The fourth-order valence-corrected chi connectivity index (χ4v) is 3.59. The van der Waals surface area contributed by atoms with Gasteiger partial charge in [0, 0.05) is 26.2 Å². The minimum Gasteiger partial charge on any atom is -0.472 e. The third-order valence-corrected chi connectivity index (χ3v) is 9.78. The van der Waals surface area contributed by atoms with Crippen LogP contribution in [0.15, 0.2) is 6.20 Å². The summed E-state index contributed by atoms with van der Waals surface area (Å²) in [6.45, 7) is 13.2. The molecule has 0 unspecified atom stereocenters. The van der Waals surface area contributed by atoms with E-state index in [0.717, 1.165) is 12.8 Å². The van der Waals surface area contributed by atoms with E-state index < -0.39 is 13.2 Å². The maximum Gasteiger partial charge on any atom is 0.350 e. The maximum atomic E-state index is 11.3. The van der Waals surface area contributed by atoms with E-state index in [1.807, 2.05) is 0 Å². The molecule has 0 radical (unpaired) electrons. The molecule has 1 aromatic rings. The predicted molar refractivity (Wildman–Crippen MR) is 101 cm³/mol. The summed E-state index contributed by atoms with van der Waals surface area (Å²) in [7, 11) is -1.78. The summed E-state index contributed by atoms with van der Waals surface area (Å²) in [6, 6.07) is 0.127. The smallest absolute Gasteiger partial charge is 0.350 e. The zero-order valence-corrected chi connectivity index (χ0v) is 17.5. The molecule has 1 aliphatic heterocycles. The first-order valence-corrected chi connectivity index (χ1v) is 12.1. The molecule has 9 heteroatoms. The van der Waals surface area contributed by atoms with Crippen LogP contribution >= 0.6 is 0 Å². The van der Waals surface area contributed by atoms with Crippen molar-refractivity contribution in [3.05, 3.63) is 16.3 Å². The third kappa shape index (κ3) is 5.27. The van der Waals surface area contributed by atoms with Crippen molar-refractivity contribution in [1.82, 2.24) is 9.78 Å². The van der Waals surface area contributed by atoms with Crippen LogP contribution in [0, 0.1) is 10.1 Å². The predicted octanol–water partition coefficient (Wildman–Crippen LogP) is 3.93. The van der Waals surface area contributed by atoms with Crippen LogP contribution in [0.4, 0.5) is 5.69 Å². The van der Waals surface area contributed by atoms with Crippen molar-refractivity contribution in [3.63, 3.8) is 0 Å². The molecule has 8 nitrogen and oxygen atoms in total. The lowest BCUT2D eigenvalue weighted by molar-refractivity contribution is -0.386. The Morgan fingerprint density at radius 2 is 2.00 bits per heavy atom. The zero-order chi connectivity index (χ0) is 19.4. The zero-order valence-electron chi connectivity index (χ0n) is 16.5. The summed E-state index contributed by atoms with van der Waals surface area (Å²) in [5, 5.41) is 15.7. The molecule has 0 amide bonds. The summed E-state index contributed by atoms with van der Waals surface area (Å²) in [5.74, 6) is 0.0915. The second-order valence-electron chi connectivity index (χ2n) is 8.21. The molecule has 1 aromatic heterocycles. The van der Waals surface area contributed by atoms with Gasteiger partial charge in [0.25, 0.3) is 0 Å². The van der Waals surface area contributed by atoms with Crippen LogP contribution in [0.25, 0.3) is 0 Å². The molecule has 26 heavy (non-hydrogen) atoms. The van der Waals surface area contributed by atoms with Gasteiger partial charge in [-0.15, -0.1) is 5.10 Å². The van der Waals surface area contributed by atoms with Crippen LogP contribution in [0.3, 0.4) is 0 Å². The van der Waals surface area contributed by atoms with E-state index in [1.54, 1.807) is 4.68 Å². The van der Waals surface area contributed by atoms with Crippen LogP contribution in [0.2, 0.25) is 18.1 Å². The summed E-state index contributed by atoms with van der Waals surface area (Å²) in [6.07, 6.45) is 3.75. The SMILES string of the molecule is CC(C)(C)[Si](C)(C)OCCCOc1nn(C2CCOCC2)cc1[N+](=O)[O-]. The Bertz CT molecular complexity index is 606. The van der Waals surface area contributed by atoms with Crippen molar-refractivity contribution >= 4 is 14.0 Å². The van der Waals surface area contributed by atoms with Gasteiger partial charge < -0.3 is 13.9 Å². The van der Waals surface area contributed by atoms with Gasteiger partial charge in [-0.2, -0.15) is 0 Å². The number of nitrogens with zero attached hydrogens (tertiary/aromatic N) is 3. The van der Waals surface area contributed by atoms with Gasteiger partial charge in [0.05, 0.1) is 17.6 Å². The largest absolute Gasteiger partial charge is 0.472 e. The monoisotopic (exact) mass is 385 g/mol. The first-order valence-electron chi connectivity index (χ1n) is 9.20. The highest BCUT2D eigenvalue weighted by atomic mass is 28.4. The van der Waals surface area contributed by atoms with E-state index >= 15 is 0 Å². The van der Waals surface area contributed by atoms with Crippen molar-refractivity contribution in [3.8, 4) is 5.88 Å². The van der Waals surface area contributed by atoms with Gasteiger partial charge in [-0.1, -0.05) is 20.8 Å². The van der Waals surface area contributed by atoms with Gasteiger partial charge in [-0.05, 0) is 31.0 Å². The van der Waals surface area contributed by atoms with Crippen LogP contribution in [-0.4, -0.2) is 49.4 Å². The van der Waals surface area contributed by atoms with Crippen LogP contribution in [-0.2, 0) is 9.16 Å². The number of hydrogen-bond donors (Lipinski definition) is 0. The second-order valence-corrected chi connectivity index (χ2v) is 13.0. The first kappa shape index (κ1) is 20.9. The molecule has 0 aliphatic carbocycles. The summed E-state index contributed by atoms with van der Waals surface area (Å²) in [5.41, 5.74) is -0.0817. The second kappa shape index (κ2) is 8.49. The van der Waals surface area contributed by atoms with Gasteiger partial charge >= 0.3 is 11.6 Å². The van der Waals surface area contributed by atoms with Gasteiger partial charge in [0.2, 0.25) is 0 Å². The van der Waals surface area contributed by atoms with Crippen LogP contribution < -0.4 is 4.74 Å². The van der Waals surface area contributed by atoms with E-state index in [2.05, 4.69) is 39.0 Å². The minimum absolute atomic E-state index is 0.0817. The highest BCUT2D eigenvalue weighted by Crippen LogP contribution is 2.36. The quantitative estimate of drug-likeness (QED) is 0.291. The average molecular weight is 386 g/mol. The van der Waals surface area contributed by atoms with E-state index in [-0.39, 0.29) is 22.6 Å². The van der Waals surface area contributed by atoms with E-state index in [0.29, 0.717) is 32.8 Å². The lowest BCUT2D eigenvalue weighted by Crippen LogP contribution is -2.41. The number of ether oxygens (including phenoxy) is 2. The maximum absolute atomic E-state index is 11.3. The summed E-state index contributed by atoms with van der Waals surface area (Å²) >= 11 is 0. The molecule has 1 fully saturated rings. The standard InChI is InChI=1S/C17H31N3O5Si/c1-17(2,3)26(4,5)25-10-6-9-24-16-15(20(21)22)13-19(18-16)14-7-11-23-12-8-14/h13-14H,6-12H2,1-5H3. The van der Waals surface area contributed by atoms with Gasteiger partial charge in [-0.3, -0.25) is 14.8 Å². The Hall–Kier alpha value is -1.45. The Balaban J connectivity index is 1.88. The molecule has 0 aromatic carbocycles. The molecule has 1 saturated heterocycles. The lowest BCUT2D eigenvalue weighted by Gasteiger charge is -2.36. The van der Waals surface area contributed by atoms with Crippen molar-refractivity contribution in [2.75, 3.05) is 26.4 Å². The Labute approximate surface area is 156 Å². The molecule has 0 N–H and O–H groups in total. The van der Waals surface area contributed by atoms with E-state index in [4.69, 9.17) is 13.9 Å². The van der Waals surface area contributed by atoms with E-state index in [1.165, 1.54) is 6.20 Å². The lowest BCUT2D eigenvalue weighted by atomic mass is 10.1. The molecular weight excluding hydrogens is 354 g/mol. The average Bonchev–Trinajstić information content (AvgIpc) is 2.99. The normalized spacial score (nSPS) is 16.7. The molecule has 0 saturated carbocycles. The number of nitro groups is 1. The number of aromatic nitrogens is 2. The van der Waals surface area contributed by atoms with Crippen molar-refractivity contribution < 1.29 is 18.8 Å². The van der Waals surface area contributed by atoms with Gasteiger partial charge in [0.15, 0.2) is 8.32 Å². The minimum atomic E-state index is -1.78. The summed E-state index contributed by atoms with van der Waals surface area (Å²) in [4.78, 5) is 10.8. The fourth-order valence-electron chi connectivity index (χ4n) is 2.50. The fraction of sp³-hybridized carbons (Fsp3) is 0.824. The highest BCUT2D eigenvalue weighted by Gasteiger charge is 2.36. The first-order chi connectivity index (χ1) is 12.1. The third-order valence-electron chi connectivity index (χ3n) is 5.24. The highest BCUT2D eigenvalue weighted by molar-refractivity contribution is 6.74. The van der Waals surface area contributed by atoms with Crippen LogP contribution in [0.5, 0.6) is 5.88 Å².